The Morgan fingerprint density at radius 1 is 1.14 bits per heavy atom. The average molecular weight is 394 g/mol. The van der Waals surface area contributed by atoms with Crippen molar-refractivity contribution in [3.63, 3.8) is 0 Å². The summed E-state index contributed by atoms with van der Waals surface area (Å²) in [5, 5.41) is 3.06. The summed E-state index contributed by atoms with van der Waals surface area (Å²) in [5.41, 5.74) is 2.28. The molecule has 1 saturated heterocycles. The van der Waals surface area contributed by atoms with E-state index in [0.29, 0.717) is 24.4 Å². The molecule has 1 fully saturated rings. The van der Waals surface area contributed by atoms with Crippen LogP contribution in [0.1, 0.15) is 37.2 Å². The van der Waals surface area contributed by atoms with E-state index in [4.69, 9.17) is 4.98 Å². The van der Waals surface area contributed by atoms with Crippen LogP contribution in [0.2, 0.25) is 0 Å². The van der Waals surface area contributed by atoms with E-state index < -0.39 is 6.04 Å². The molecule has 3 aromatic rings. The number of amides is 1. The summed E-state index contributed by atoms with van der Waals surface area (Å²) in [6.45, 7) is 5.63. The van der Waals surface area contributed by atoms with Gasteiger partial charge in [0, 0.05) is 19.5 Å². The third-order valence-electron chi connectivity index (χ3n) is 5.67. The Morgan fingerprint density at radius 3 is 2.66 bits per heavy atom. The molecule has 0 spiro atoms. The summed E-state index contributed by atoms with van der Waals surface area (Å²) < 4.78 is 16.2. The normalized spacial score (nSPS) is 15.7. The van der Waals surface area contributed by atoms with Crippen LogP contribution in [0.15, 0.2) is 48.5 Å². The molecule has 6 heteroatoms. The van der Waals surface area contributed by atoms with Crippen LogP contribution >= 0.6 is 0 Å². The molecule has 5 nitrogen and oxygen atoms in total. The molecule has 1 aliphatic rings. The standard InChI is InChI=1S/C23H27FN4O/c1-17(23(29)25-12-15-27-13-6-7-14-27)28-21-11-5-4-10-20(21)26-22(28)16-18-8-2-3-9-19(18)24/h2-5,8-11,17H,6-7,12-16H2,1H3,(H,25,29). The lowest BCUT2D eigenvalue weighted by Gasteiger charge is -2.19. The molecule has 0 bridgehead atoms. The molecule has 1 N–H and O–H groups in total. The van der Waals surface area contributed by atoms with Gasteiger partial charge in [-0.25, -0.2) is 9.37 Å². The lowest BCUT2D eigenvalue weighted by molar-refractivity contribution is -0.123. The SMILES string of the molecule is CC(C(=O)NCCN1CCCC1)n1c(Cc2ccccc2F)nc2ccccc21. The Kier molecular flexibility index (Phi) is 5.90. The first-order chi connectivity index (χ1) is 14.1. The Labute approximate surface area is 170 Å². The number of rotatable bonds is 7. The predicted octanol–water partition coefficient (Wildman–Crippen LogP) is 3.54. The van der Waals surface area contributed by atoms with Gasteiger partial charge in [-0.1, -0.05) is 30.3 Å². The number of hydrogen-bond donors (Lipinski definition) is 1. The molecule has 1 unspecified atom stereocenters. The number of para-hydroxylation sites is 2. The van der Waals surface area contributed by atoms with E-state index in [1.165, 1.54) is 18.9 Å². The van der Waals surface area contributed by atoms with Crippen molar-refractivity contribution in [2.75, 3.05) is 26.2 Å². The second-order valence-electron chi connectivity index (χ2n) is 7.67. The van der Waals surface area contributed by atoms with Crippen molar-refractivity contribution in [1.82, 2.24) is 19.8 Å². The Balaban J connectivity index is 1.55. The minimum Gasteiger partial charge on any atom is -0.353 e. The van der Waals surface area contributed by atoms with Gasteiger partial charge in [0.05, 0.1) is 11.0 Å². The van der Waals surface area contributed by atoms with E-state index in [1.54, 1.807) is 12.1 Å². The van der Waals surface area contributed by atoms with E-state index in [-0.39, 0.29) is 11.7 Å². The second-order valence-corrected chi connectivity index (χ2v) is 7.67. The molecule has 29 heavy (non-hydrogen) atoms. The molecule has 0 aliphatic carbocycles. The van der Waals surface area contributed by atoms with Crippen LogP contribution in [-0.4, -0.2) is 46.5 Å². The highest BCUT2D eigenvalue weighted by Gasteiger charge is 2.22. The van der Waals surface area contributed by atoms with Crippen molar-refractivity contribution < 1.29 is 9.18 Å². The summed E-state index contributed by atoms with van der Waals surface area (Å²) in [7, 11) is 0. The zero-order valence-corrected chi connectivity index (χ0v) is 16.8. The molecule has 1 aromatic heterocycles. The smallest absolute Gasteiger partial charge is 0.242 e. The second kappa shape index (κ2) is 8.74. The molecule has 1 atom stereocenters. The van der Waals surface area contributed by atoms with E-state index in [2.05, 4.69) is 10.2 Å². The van der Waals surface area contributed by atoms with E-state index in [1.807, 2.05) is 41.8 Å². The average Bonchev–Trinajstić information content (AvgIpc) is 3.36. The fourth-order valence-corrected chi connectivity index (χ4v) is 4.07. The zero-order valence-electron chi connectivity index (χ0n) is 16.8. The van der Waals surface area contributed by atoms with Gasteiger partial charge in [-0.2, -0.15) is 0 Å². The van der Waals surface area contributed by atoms with Gasteiger partial charge in [0.15, 0.2) is 0 Å². The summed E-state index contributed by atoms with van der Waals surface area (Å²) in [6.07, 6.45) is 2.82. The van der Waals surface area contributed by atoms with Gasteiger partial charge in [0.25, 0.3) is 0 Å². The first kappa shape index (κ1) is 19.6. The minimum atomic E-state index is -0.428. The lowest BCUT2D eigenvalue weighted by atomic mass is 10.1. The Bertz CT molecular complexity index is 993. The molecule has 0 saturated carbocycles. The van der Waals surface area contributed by atoms with Crippen molar-refractivity contribution >= 4 is 16.9 Å². The van der Waals surface area contributed by atoms with Gasteiger partial charge < -0.3 is 14.8 Å². The minimum absolute atomic E-state index is 0.0397. The summed E-state index contributed by atoms with van der Waals surface area (Å²) >= 11 is 0. The van der Waals surface area contributed by atoms with Gasteiger partial charge >= 0.3 is 0 Å². The van der Waals surface area contributed by atoms with Crippen molar-refractivity contribution in [1.29, 1.82) is 0 Å². The summed E-state index contributed by atoms with van der Waals surface area (Å²) in [5.74, 6) is 0.398. The van der Waals surface area contributed by atoms with Crippen LogP contribution in [0.4, 0.5) is 4.39 Å². The number of aromatic nitrogens is 2. The number of imidazole rings is 1. The third kappa shape index (κ3) is 4.32. The highest BCUT2D eigenvalue weighted by Crippen LogP contribution is 2.24. The number of nitrogens with zero attached hydrogens (tertiary/aromatic N) is 3. The monoisotopic (exact) mass is 394 g/mol. The van der Waals surface area contributed by atoms with E-state index >= 15 is 0 Å². The maximum absolute atomic E-state index is 14.2. The number of benzene rings is 2. The molecule has 0 radical (unpaired) electrons. The Hall–Kier alpha value is -2.73. The maximum atomic E-state index is 14.2. The molecule has 4 rings (SSSR count). The van der Waals surface area contributed by atoms with Crippen molar-refractivity contribution in [2.24, 2.45) is 0 Å². The number of fused-ring (bicyclic) bond motifs is 1. The van der Waals surface area contributed by atoms with Crippen LogP contribution in [0.25, 0.3) is 11.0 Å². The molecule has 2 heterocycles. The van der Waals surface area contributed by atoms with Gasteiger partial charge in [0.2, 0.25) is 5.91 Å². The van der Waals surface area contributed by atoms with Crippen LogP contribution in [0.3, 0.4) is 0 Å². The topological polar surface area (TPSA) is 50.2 Å². The van der Waals surface area contributed by atoms with Crippen molar-refractivity contribution in [3.8, 4) is 0 Å². The molecule has 152 valence electrons. The number of carbonyl (C=O) groups is 1. The Morgan fingerprint density at radius 2 is 1.86 bits per heavy atom. The first-order valence-electron chi connectivity index (χ1n) is 10.3. The number of nitrogens with one attached hydrogen (secondary N) is 1. The molecule has 1 aliphatic heterocycles. The fourth-order valence-electron chi connectivity index (χ4n) is 4.07. The van der Waals surface area contributed by atoms with Crippen LogP contribution < -0.4 is 5.32 Å². The van der Waals surface area contributed by atoms with Crippen LogP contribution in [0.5, 0.6) is 0 Å². The summed E-state index contributed by atoms with van der Waals surface area (Å²) in [4.78, 5) is 20.0. The zero-order chi connectivity index (χ0) is 20.2. The van der Waals surface area contributed by atoms with Gasteiger partial charge in [-0.3, -0.25) is 4.79 Å². The molecular formula is C23H27FN4O. The first-order valence-corrected chi connectivity index (χ1v) is 10.3. The predicted molar refractivity (Wildman–Crippen MR) is 112 cm³/mol. The third-order valence-corrected chi connectivity index (χ3v) is 5.67. The van der Waals surface area contributed by atoms with Crippen molar-refractivity contribution in [3.05, 3.63) is 65.7 Å². The van der Waals surface area contributed by atoms with Crippen LogP contribution in [0, 0.1) is 5.82 Å². The lowest BCUT2D eigenvalue weighted by Crippen LogP contribution is -2.37. The quantitative estimate of drug-likeness (QED) is 0.667. The van der Waals surface area contributed by atoms with Crippen LogP contribution in [-0.2, 0) is 11.2 Å². The van der Waals surface area contributed by atoms with E-state index in [0.717, 1.165) is 30.7 Å². The van der Waals surface area contributed by atoms with Gasteiger partial charge in [0.1, 0.15) is 17.7 Å². The molecule has 2 aromatic carbocycles. The largest absolute Gasteiger partial charge is 0.353 e. The van der Waals surface area contributed by atoms with Crippen molar-refractivity contribution in [2.45, 2.75) is 32.2 Å². The number of carbonyl (C=O) groups excluding carboxylic acids is 1. The van der Waals surface area contributed by atoms with E-state index in [9.17, 15) is 9.18 Å². The summed E-state index contributed by atoms with van der Waals surface area (Å²) in [6, 6.07) is 14.0. The highest BCUT2D eigenvalue weighted by atomic mass is 19.1. The van der Waals surface area contributed by atoms with Gasteiger partial charge in [-0.05, 0) is 56.6 Å². The number of likely N-dealkylation sites (tertiary alicyclic amines) is 1. The van der Waals surface area contributed by atoms with Gasteiger partial charge in [-0.15, -0.1) is 0 Å². The maximum Gasteiger partial charge on any atom is 0.242 e. The fraction of sp³-hybridized carbons (Fsp3) is 0.391. The number of hydrogen-bond acceptors (Lipinski definition) is 3. The molecule has 1 amide bonds. The number of halogens is 1. The molecular weight excluding hydrogens is 367 g/mol. The highest BCUT2D eigenvalue weighted by molar-refractivity contribution is 5.84.